The average molecular weight is 230 g/mol. The molecule has 1 aliphatic heterocycles. The van der Waals surface area contributed by atoms with Gasteiger partial charge in [-0.3, -0.25) is 14.9 Å². The number of carbonyl (C=O) groups is 2. The van der Waals surface area contributed by atoms with Crippen LogP contribution in [0.25, 0.3) is 0 Å². The van der Waals surface area contributed by atoms with Gasteiger partial charge in [0.25, 0.3) is 0 Å². The van der Waals surface area contributed by atoms with Gasteiger partial charge in [0.1, 0.15) is 17.9 Å². The van der Waals surface area contributed by atoms with Crippen LogP contribution in [0.4, 0.5) is 5.82 Å². The van der Waals surface area contributed by atoms with Gasteiger partial charge in [-0.15, -0.1) is 0 Å². The van der Waals surface area contributed by atoms with E-state index in [0.29, 0.717) is 17.8 Å². The lowest BCUT2D eigenvalue weighted by Gasteiger charge is -2.22. The summed E-state index contributed by atoms with van der Waals surface area (Å²) in [6.07, 6.45) is 2.24. The third-order valence-electron chi connectivity index (χ3n) is 2.48. The van der Waals surface area contributed by atoms with Crippen LogP contribution in [0, 0.1) is 11.3 Å². The van der Waals surface area contributed by atoms with E-state index >= 15 is 0 Å². The zero-order valence-electron chi connectivity index (χ0n) is 8.93. The van der Waals surface area contributed by atoms with E-state index in [2.05, 4.69) is 15.6 Å². The summed E-state index contributed by atoms with van der Waals surface area (Å²) >= 11 is 0. The van der Waals surface area contributed by atoms with Crippen LogP contribution >= 0.6 is 0 Å². The molecular formula is C11H10N4O2. The lowest BCUT2D eigenvalue weighted by Crippen LogP contribution is -2.47. The summed E-state index contributed by atoms with van der Waals surface area (Å²) in [4.78, 5) is 26.5. The SMILES string of the molecule is N#Cc1cccnc1NC1CCC(=O)NC1=O. The highest BCUT2D eigenvalue weighted by Crippen LogP contribution is 2.14. The van der Waals surface area contributed by atoms with E-state index in [1.165, 1.54) is 6.20 Å². The molecule has 1 aromatic heterocycles. The molecule has 2 N–H and O–H groups in total. The average Bonchev–Trinajstić information content (AvgIpc) is 2.33. The van der Waals surface area contributed by atoms with Gasteiger partial charge >= 0.3 is 0 Å². The normalized spacial score (nSPS) is 19.4. The highest BCUT2D eigenvalue weighted by atomic mass is 16.2. The van der Waals surface area contributed by atoms with Gasteiger partial charge in [0.05, 0.1) is 5.56 Å². The molecule has 1 aromatic rings. The number of aromatic nitrogens is 1. The van der Waals surface area contributed by atoms with E-state index in [-0.39, 0.29) is 18.2 Å². The van der Waals surface area contributed by atoms with Crippen molar-refractivity contribution in [3.63, 3.8) is 0 Å². The number of piperidine rings is 1. The maximum atomic E-state index is 11.5. The first-order valence-corrected chi connectivity index (χ1v) is 5.16. The Bertz CT molecular complexity index is 506. The van der Waals surface area contributed by atoms with Crippen molar-refractivity contribution in [2.24, 2.45) is 0 Å². The van der Waals surface area contributed by atoms with Crippen molar-refractivity contribution in [2.45, 2.75) is 18.9 Å². The standard InChI is InChI=1S/C11H10N4O2/c12-6-7-2-1-5-13-10(7)14-8-3-4-9(16)15-11(8)17/h1-2,5,8H,3-4H2,(H,13,14)(H,15,16,17). The summed E-state index contributed by atoms with van der Waals surface area (Å²) in [7, 11) is 0. The number of hydrogen-bond acceptors (Lipinski definition) is 5. The molecule has 86 valence electrons. The molecule has 1 saturated heterocycles. The Morgan fingerprint density at radius 3 is 3.06 bits per heavy atom. The van der Waals surface area contributed by atoms with Gasteiger partial charge in [0.15, 0.2) is 0 Å². The van der Waals surface area contributed by atoms with Gasteiger partial charge in [0, 0.05) is 12.6 Å². The number of nitrogens with one attached hydrogen (secondary N) is 2. The summed E-state index contributed by atoms with van der Waals surface area (Å²) < 4.78 is 0. The highest BCUT2D eigenvalue weighted by molar-refractivity contribution is 6.01. The molecule has 0 spiro atoms. The Morgan fingerprint density at radius 2 is 2.35 bits per heavy atom. The Hall–Kier alpha value is -2.42. The maximum absolute atomic E-state index is 11.5. The molecule has 0 aromatic carbocycles. The summed E-state index contributed by atoms with van der Waals surface area (Å²) in [6, 6.07) is 4.73. The van der Waals surface area contributed by atoms with Gasteiger partial charge in [-0.2, -0.15) is 5.26 Å². The van der Waals surface area contributed by atoms with Crippen LogP contribution in [0.15, 0.2) is 18.3 Å². The van der Waals surface area contributed by atoms with Crippen molar-refractivity contribution < 1.29 is 9.59 Å². The van der Waals surface area contributed by atoms with Gasteiger partial charge in [-0.1, -0.05) is 0 Å². The second kappa shape index (κ2) is 4.61. The molecule has 1 aliphatic rings. The minimum Gasteiger partial charge on any atom is -0.357 e. The second-order valence-electron chi connectivity index (χ2n) is 3.66. The number of nitriles is 1. The Labute approximate surface area is 97.7 Å². The predicted octanol–water partition coefficient (Wildman–Crippen LogP) is 0.170. The van der Waals surface area contributed by atoms with Crippen molar-refractivity contribution in [3.05, 3.63) is 23.9 Å². The third-order valence-corrected chi connectivity index (χ3v) is 2.48. The molecule has 6 heteroatoms. The number of pyridine rings is 1. The molecule has 2 amide bonds. The number of amides is 2. The fraction of sp³-hybridized carbons (Fsp3) is 0.273. The molecule has 0 aliphatic carbocycles. The lowest BCUT2D eigenvalue weighted by molar-refractivity contribution is -0.133. The van der Waals surface area contributed by atoms with Crippen molar-refractivity contribution in [3.8, 4) is 6.07 Å². The van der Waals surface area contributed by atoms with E-state index in [9.17, 15) is 9.59 Å². The van der Waals surface area contributed by atoms with Crippen LogP contribution in [-0.4, -0.2) is 22.8 Å². The molecule has 0 radical (unpaired) electrons. The molecule has 6 nitrogen and oxygen atoms in total. The minimum atomic E-state index is -0.519. The molecule has 1 unspecified atom stereocenters. The topological polar surface area (TPSA) is 94.9 Å². The monoisotopic (exact) mass is 230 g/mol. The Morgan fingerprint density at radius 1 is 1.53 bits per heavy atom. The highest BCUT2D eigenvalue weighted by Gasteiger charge is 2.27. The first-order chi connectivity index (χ1) is 8.20. The summed E-state index contributed by atoms with van der Waals surface area (Å²) in [5.74, 6) is -0.283. The molecule has 0 bridgehead atoms. The van der Waals surface area contributed by atoms with E-state index < -0.39 is 6.04 Å². The fourth-order valence-electron chi connectivity index (χ4n) is 1.61. The van der Waals surface area contributed by atoms with E-state index in [1.807, 2.05) is 6.07 Å². The van der Waals surface area contributed by atoms with Crippen molar-refractivity contribution in [2.75, 3.05) is 5.32 Å². The van der Waals surface area contributed by atoms with E-state index in [1.54, 1.807) is 12.1 Å². The summed E-state index contributed by atoms with van der Waals surface area (Å²) in [5, 5.41) is 14.0. The number of anilines is 1. The summed E-state index contributed by atoms with van der Waals surface area (Å²) in [5.41, 5.74) is 0.372. The van der Waals surface area contributed by atoms with Crippen molar-refractivity contribution in [1.82, 2.24) is 10.3 Å². The largest absolute Gasteiger partial charge is 0.357 e. The molecule has 2 heterocycles. The molecule has 1 atom stereocenters. The van der Waals surface area contributed by atoms with Crippen LogP contribution in [0.2, 0.25) is 0 Å². The zero-order chi connectivity index (χ0) is 12.3. The van der Waals surface area contributed by atoms with Gasteiger partial charge < -0.3 is 5.32 Å². The lowest BCUT2D eigenvalue weighted by atomic mass is 10.1. The van der Waals surface area contributed by atoms with Crippen LogP contribution in [-0.2, 0) is 9.59 Å². The van der Waals surface area contributed by atoms with Crippen molar-refractivity contribution >= 4 is 17.6 Å². The van der Waals surface area contributed by atoms with Crippen molar-refractivity contribution in [1.29, 1.82) is 5.26 Å². The molecular weight excluding hydrogens is 220 g/mol. The van der Waals surface area contributed by atoms with Crippen LogP contribution in [0.3, 0.4) is 0 Å². The molecule has 1 fully saturated rings. The van der Waals surface area contributed by atoms with Gasteiger partial charge in [-0.25, -0.2) is 4.98 Å². The summed E-state index contributed by atoms with van der Waals surface area (Å²) in [6.45, 7) is 0. The van der Waals surface area contributed by atoms with E-state index in [4.69, 9.17) is 5.26 Å². The van der Waals surface area contributed by atoms with Gasteiger partial charge in [-0.05, 0) is 18.6 Å². The van der Waals surface area contributed by atoms with Crippen LogP contribution in [0.5, 0.6) is 0 Å². The number of imide groups is 1. The van der Waals surface area contributed by atoms with Crippen LogP contribution in [0.1, 0.15) is 18.4 Å². The first-order valence-electron chi connectivity index (χ1n) is 5.16. The quantitative estimate of drug-likeness (QED) is 0.706. The van der Waals surface area contributed by atoms with E-state index in [0.717, 1.165) is 0 Å². The number of nitrogens with zero attached hydrogens (tertiary/aromatic N) is 2. The Balaban J connectivity index is 2.13. The molecule has 17 heavy (non-hydrogen) atoms. The van der Waals surface area contributed by atoms with Crippen LogP contribution < -0.4 is 10.6 Å². The van der Waals surface area contributed by atoms with Gasteiger partial charge in [0.2, 0.25) is 11.8 Å². The zero-order valence-corrected chi connectivity index (χ0v) is 8.93. The minimum absolute atomic E-state index is 0.269. The second-order valence-corrected chi connectivity index (χ2v) is 3.66. The smallest absolute Gasteiger partial charge is 0.249 e. The predicted molar refractivity (Wildman–Crippen MR) is 58.7 cm³/mol. The fourth-order valence-corrected chi connectivity index (χ4v) is 1.61. The first kappa shape index (κ1) is 11.1. The number of hydrogen-bond donors (Lipinski definition) is 2. The maximum Gasteiger partial charge on any atom is 0.249 e. The number of rotatable bonds is 2. The third kappa shape index (κ3) is 2.39. The molecule has 2 rings (SSSR count). The Kier molecular flexibility index (Phi) is 3.01. The number of carbonyl (C=O) groups excluding carboxylic acids is 2. The molecule has 0 saturated carbocycles.